The zero-order valence-electron chi connectivity index (χ0n) is 10.5. The van der Waals surface area contributed by atoms with Crippen LogP contribution in [0.4, 0.5) is 4.39 Å². The van der Waals surface area contributed by atoms with Gasteiger partial charge in [0, 0.05) is 19.1 Å². The molecule has 1 aromatic carbocycles. The molecule has 0 fully saturated rings. The van der Waals surface area contributed by atoms with Gasteiger partial charge in [0.05, 0.1) is 6.10 Å². The quantitative estimate of drug-likeness (QED) is 0.873. The maximum Gasteiger partial charge on any atom is 0.123 e. The highest BCUT2D eigenvalue weighted by Gasteiger charge is 2.25. The lowest BCUT2D eigenvalue weighted by Gasteiger charge is -2.36. The summed E-state index contributed by atoms with van der Waals surface area (Å²) in [6, 6.07) is 5.30. The Morgan fingerprint density at radius 1 is 1.53 bits per heavy atom. The largest absolute Gasteiger partial charge is 0.392 e. The average molecular weight is 237 g/mol. The van der Waals surface area contributed by atoms with Crippen LogP contribution in [0.25, 0.3) is 0 Å². The number of fused-ring (bicyclic) bond motifs is 1. The van der Waals surface area contributed by atoms with Crippen molar-refractivity contribution < 1.29 is 9.50 Å². The monoisotopic (exact) mass is 237 g/mol. The molecule has 0 saturated heterocycles. The Balaban J connectivity index is 2.15. The second kappa shape index (κ2) is 5.15. The molecule has 0 saturated carbocycles. The summed E-state index contributed by atoms with van der Waals surface area (Å²) in [6.07, 6.45) is 1.38. The minimum atomic E-state index is -0.264. The predicted octanol–water partition coefficient (Wildman–Crippen LogP) is 2.52. The van der Waals surface area contributed by atoms with Gasteiger partial charge >= 0.3 is 0 Å². The maximum absolute atomic E-state index is 13.1. The molecule has 3 heteroatoms. The maximum atomic E-state index is 13.1. The van der Waals surface area contributed by atoms with Crippen molar-refractivity contribution in [2.24, 2.45) is 0 Å². The van der Waals surface area contributed by atoms with Crippen molar-refractivity contribution in [3.8, 4) is 0 Å². The second-order valence-electron chi connectivity index (χ2n) is 4.83. The zero-order valence-corrected chi connectivity index (χ0v) is 10.5. The summed E-state index contributed by atoms with van der Waals surface area (Å²) in [7, 11) is 0. The molecule has 0 bridgehead atoms. The molecule has 0 aliphatic carbocycles. The summed E-state index contributed by atoms with van der Waals surface area (Å²) in [5.41, 5.74) is 2.31. The van der Waals surface area contributed by atoms with E-state index < -0.39 is 0 Å². The van der Waals surface area contributed by atoms with E-state index in [9.17, 15) is 9.50 Å². The third kappa shape index (κ3) is 2.67. The van der Waals surface area contributed by atoms with Gasteiger partial charge in [-0.05, 0) is 43.0 Å². The number of aliphatic hydroxyl groups excluding tert-OH is 1. The van der Waals surface area contributed by atoms with Gasteiger partial charge in [-0.25, -0.2) is 4.39 Å². The Labute approximate surface area is 102 Å². The fourth-order valence-corrected chi connectivity index (χ4v) is 2.50. The van der Waals surface area contributed by atoms with E-state index in [-0.39, 0.29) is 18.0 Å². The summed E-state index contributed by atoms with van der Waals surface area (Å²) in [4.78, 5) is 2.27. The highest BCUT2D eigenvalue weighted by molar-refractivity contribution is 5.32. The van der Waals surface area contributed by atoms with Gasteiger partial charge in [-0.2, -0.15) is 0 Å². The van der Waals surface area contributed by atoms with E-state index in [2.05, 4.69) is 11.8 Å². The van der Waals surface area contributed by atoms with E-state index in [1.807, 2.05) is 13.0 Å². The average Bonchev–Trinajstić information content (AvgIpc) is 2.32. The first-order valence-corrected chi connectivity index (χ1v) is 6.32. The predicted molar refractivity (Wildman–Crippen MR) is 66.4 cm³/mol. The van der Waals surface area contributed by atoms with Gasteiger partial charge < -0.3 is 5.11 Å². The number of hydrogen-bond acceptors (Lipinski definition) is 2. The summed E-state index contributed by atoms with van der Waals surface area (Å²) >= 11 is 0. The van der Waals surface area contributed by atoms with Crippen molar-refractivity contribution in [3.05, 3.63) is 35.1 Å². The van der Waals surface area contributed by atoms with Crippen LogP contribution < -0.4 is 0 Å². The lowest BCUT2D eigenvalue weighted by Crippen LogP contribution is -2.39. The van der Waals surface area contributed by atoms with Crippen molar-refractivity contribution in [2.75, 3.05) is 13.1 Å². The standard InChI is InChI=1S/C14H20FNO/c1-3-13(17)9-16-7-6-11-8-12(15)4-5-14(11)10(16)2/h4-5,8,10,13,17H,3,6-7,9H2,1-2H3. The van der Waals surface area contributed by atoms with Gasteiger partial charge in [-0.3, -0.25) is 4.90 Å². The summed E-state index contributed by atoms with van der Waals surface area (Å²) in [6.45, 7) is 5.71. The molecule has 1 aliphatic rings. The molecular weight excluding hydrogens is 217 g/mol. The number of nitrogens with zero attached hydrogens (tertiary/aromatic N) is 1. The first kappa shape index (κ1) is 12.5. The lowest BCUT2D eigenvalue weighted by molar-refractivity contribution is 0.0840. The summed E-state index contributed by atoms with van der Waals surface area (Å²) in [5, 5.41) is 9.72. The van der Waals surface area contributed by atoms with Gasteiger partial charge in [0.2, 0.25) is 0 Å². The van der Waals surface area contributed by atoms with Crippen LogP contribution in [0.1, 0.15) is 37.4 Å². The molecule has 94 valence electrons. The number of aliphatic hydroxyl groups is 1. The highest BCUT2D eigenvalue weighted by Crippen LogP contribution is 2.29. The van der Waals surface area contributed by atoms with E-state index in [1.54, 1.807) is 6.07 Å². The minimum Gasteiger partial charge on any atom is -0.392 e. The van der Waals surface area contributed by atoms with E-state index in [1.165, 1.54) is 11.6 Å². The van der Waals surface area contributed by atoms with Crippen LogP contribution in [0.2, 0.25) is 0 Å². The fraction of sp³-hybridized carbons (Fsp3) is 0.571. The number of rotatable bonds is 3. The third-order valence-corrected chi connectivity index (χ3v) is 3.69. The number of β-amino-alcohol motifs (C(OH)–C–C–N with tert-alkyl or cyclic N) is 1. The van der Waals surface area contributed by atoms with Crippen LogP contribution in [0.5, 0.6) is 0 Å². The van der Waals surface area contributed by atoms with E-state index in [0.29, 0.717) is 6.54 Å². The first-order chi connectivity index (χ1) is 8.11. The molecule has 17 heavy (non-hydrogen) atoms. The molecule has 2 atom stereocenters. The molecule has 0 aromatic heterocycles. The van der Waals surface area contributed by atoms with E-state index in [0.717, 1.165) is 24.9 Å². The molecule has 0 spiro atoms. The Hall–Kier alpha value is -0.930. The van der Waals surface area contributed by atoms with Crippen LogP contribution in [0, 0.1) is 5.82 Å². The van der Waals surface area contributed by atoms with Crippen LogP contribution in [-0.4, -0.2) is 29.2 Å². The second-order valence-corrected chi connectivity index (χ2v) is 4.83. The molecular formula is C14H20FNO. The van der Waals surface area contributed by atoms with Crippen molar-refractivity contribution in [1.29, 1.82) is 0 Å². The Bertz CT molecular complexity index is 394. The smallest absolute Gasteiger partial charge is 0.123 e. The number of hydrogen-bond donors (Lipinski definition) is 1. The zero-order chi connectivity index (χ0) is 12.4. The highest BCUT2D eigenvalue weighted by atomic mass is 19.1. The Morgan fingerprint density at radius 2 is 2.29 bits per heavy atom. The van der Waals surface area contributed by atoms with Crippen LogP contribution >= 0.6 is 0 Å². The van der Waals surface area contributed by atoms with Crippen molar-refractivity contribution in [3.63, 3.8) is 0 Å². The third-order valence-electron chi connectivity index (χ3n) is 3.69. The van der Waals surface area contributed by atoms with Crippen LogP contribution in [0.3, 0.4) is 0 Å². The summed E-state index contributed by atoms with van der Waals surface area (Å²) in [5.74, 6) is -0.155. The molecule has 1 N–H and O–H groups in total. The molecule has 1 aromatic rings. The molecule has 1 heterocycles. The topological polar surface area (TPSA) is 23.5 Å². The number of halogens is 1. The SMILES string of the molecule is CCC(O)CN1CCc2cc(F)ccc2C1C. The Morgan fingerprint density at radius 3 is 3.00 bits per heavy atom. The first-order valence-electron chi connectivity index (χ1n) is 6.32. The molecule has 0 amide bonds. The normalized spacial score (nSPS) is 22.2. The van der Waals surface area contributed by atoms with Gasteiger partial charge in [0.1, 0.15) is 5.82 Å². The molecule has 2 unspecified atom stereocenters. The molecule has 2 rings (SSSR count). The molecule has 0 radical (unpaired) electrons. The molecule has 1 aliphatic heterocycles. The van der Waals surface area contributed by atoms with Gasteiger partial charge in [0.15, 0.2) is 0 Å². The van der Waals surface area contributed by atoms with Gasteiger partial charge in [-0.1, -0.05) is 13.0 Å². The van der Waals surface area contributed by atoms with Crippen molar-refractivity contribution in [2.45, 2.75) is 38.8 Å². The summed E-state index contributed by atoms with van der Waals surface area (Å²) < 4.78 is 13.1. The van der Waals surface area contributed by atoms with Crippen molar-refractivity contribution in [1.82, 2.24) is 4.90 Å². The van der Waals surface area contributed by atoms with Gasteiger partial charge in [0.25, 0.3) is 0 Å². The van der Waals surface area contributed by atoms with E-state index >= 15 is 0 Å². The van der Waals surface area contributed by atoms with Crippen molar-refractivity contribution >= 4 is 0 Å². The van der Waals surface area contributed by atoms with E-state index in [4.69, 9.17) is 0 Å². The Kier molecular flexibility index (Phi) is 3.79. The van der Waals surface area contributed by atoms with Crippen LogP contribution in [0.15, 0.2) is 18.2 Å². The number of benzene rings is 1. The van der Waals surface area contributed by atoms with Crippen LogP contribution in [-0.2, 0) is 6.42 Å². The molecule has 2 nitrogen and oxygen atoms in total. The minimum absolute atomic E-state index is 0.155. The van der Waals surface area contributed by atoms with Gasteiger partial charge in [-0.15, -0.1) is 0 Å². The fourth-order valence-electron chi connectivity index (χ4n) is 2.50. The lowest BCUT2D eigenvalue weighted by atomic mass is 9.93.